The smallest absolute Gasteiger partial charge is 0.411 e. The van der Waals surface area contributed by atoms with Gasteiger partial charge in [-0.15, -0.1) is 0 Å². The van der Waals surface area contributed by atoms with Crippen LogP contribution in [0.1, 0.15) is 40.5 Å². The summed E-state index contributed by atoms with van der Waals surface area (Å²) in [5.41, 5.74) is -1.92. The Bertz CT molecular complexity index is 394. The van der Waals surface area contributed by atoms with Crippen LogP contribution in [0.4, 0.5) is 4.79 Å². The predicted octanol–water partition coefficient (Wildman–Crippen LogP) is 1.27. The summed E-state index contributed by atoms with van der Waals surface area (Å²) in [6.45, 7) is 6.41. The standard InChI is InChI=1S/C12H19NO6/c1-7(18-9(16)11(2,3)4)19-10(17)13-12(5-6-12)8(14)15/h7H,5-6H2,1-4H3,(H,13,17)(H,14,15). The van der Waals surface area contributed by atoms with Crippen LogP contribution < -0.4 is 5.32 Å². The summed E-state index contributed by atoms with van der Waals surface area (Å²) in [6.07, 6.45) is -1.24. The SMILES string of the molecule is CC(OC(=O)NC1(C(=O)O)CC1)OC(=O)C(C)(C)C. The largest absolute Gasteiger partial charge is 0.480 e. The molecule has 0 bridgehead atoms. The van der Waals surface area contributed by atoms with Gasteiger partial charge in [0.25, 0.3) is 0 Å². The van der Waals surface area contributed by atoms with Crippen LogP contribution in [0.15, 0.2) is 0 Å². The van der Waals surface area contributed by atoms with Gasteiger partial charge in [-0.1, -0.05) is 0 Å². The Kier molecular flexibility index (Phi) is 4.07. The minimum absolute atomic E-state index is 0.369. The molecule has 1 saturated carbocycles. The zero-order valence-electron chi connectivity index (χ0n) is 11.5. The second-order valence-corrected chi connectivity index (χ2v) is 5.64. The van der Waals surface area contributed by atoms with E-state index in [2.05, 4.69) is 5.32 Å². The van der Waals surface area contributed by atoms with Gasteiger partial charge in [0.15, 0.2) is 0 Å². The summed E-state index contributed by atoms with van der Waals surface area (Å²) < 4.78 is 9.70. The molecule has 7 heteroatoms. The number of aliphatic carboxylic acids is 1. The Morgan fingerprint density at radius 2 is 1.74 bits per heavy atom. The minimum atomic E-state index is -1.22. The lowest BCUT2D eigenvalue weighted by Crippen LogP contribution is -2.44. The van der Waals surface area contributed by atoms with E-state index in [0.29, 0.717) is 12.8 Å². The highest BCUT2D eigenvalue weighted by molar-refractivity contribution is 5.87. The number of nitrogens with one attached hydrogen (secondary N) is 1. The third-order valence-electron chi connectivity index (χ3n) is 2.66. The molecule has 108 valence electrons. The molecule has 1 aliphatic rings. The first-order chi connectivity index (χ1) is 8.57. The van der Waals surface area contributed by atoms with Crippen LogP contribution in [0.3, 0.4) is 0 Å². The number of carbonyl (C=O) groups excluding carboxylic acids is 2. The van der Waals surface area contributed by atoms with Gasteiger partial charge in [-0.25, -0.2) is 9.59 Å². The molecule has 0 aliphatic heterocycles. The maximum Gasteiger partial charge on any atom is 0.411 e. The molecule has 0 saturated heterocycles. The van der Waals surface area contributed by atoms with Crippen LogP contribution in [0.2, 0.25) is 0 Å². The fourth-order valence-corrected chi connectivity index (χ4v) is 1.24. The van der Waals surface area contributed by atoms with E-state index in [1.807, 2.05) is 0 Å². The van der Waals surface area contributed by atoms with Gasteiger partial charge >= 0.3 is 18.0 Å². The minimum Gasteiger partial charge on any atom is -0.480 e. The number of amides is 1. The van der Waals surface area contributed by atoms with Crippen molar-refractivity contribution in [1.82, 2.24) is 5.32 Å². The highest BCUT2D eigenvalue weighted by Crippen LogP contribution is 2.35. The van der Waals surface area contributed by atoms with Crippen molar-refractivity contribution in [3.63, 3.8) is 0 Å². The van der Waals surface area contributed by atoms with Gasteiger partial charge in [-0.3, -0.25) is 4.79 Å². The molecule has 1 rings (SSSR count). The normalized spacial score (nSPS) is 18.1. The first-order valence-electron chi connectivity index (χ1n) is 6.00. The van der Waals surface area contributed by atoms with Crippen molar-refractivity contribution in [1.29, 1.82) is 0 Å². The van der Waals surface area contributed by atoms with Gasteiger partial charge in [-0.05, 0) is 33.6 Å². The third kappa shape index (κ3) is 4.11. The molecule has 1 amide bonds. The number of hydrogen-bond donors (Lipinski definition) is 2. The summed E-state index contributed by atoms with van der Waals surface area (Å²) in [4.78, 5) is 33.8. The topological polar surface area (TPSA) is 102 Å². The van der Waals surface area contributed by atoms with Crippen molar-refractivity contribution < 1.29 is 29.0 Å². The van der Waals surface area contributed by atoms with E-state index in [0.717, 1.165) is 0 Å². The molecule has 0 heterocycles. The van der Waals surface area contributed by atoms with Crippen molar-refractivity contribution in [2.45, 2.75) is 52.4 Å². The number of rotatable bonds is 4. The molecule has 1 aliphatic carbocycles. The number of hydrogen-bond acceptors (Lipinski definition) is 5. The average molecular weight is 273 g/mol. The number of carbonyl (C=O) groups is 3. The Morgan fingerprint density at radius 1 is 1.21 bits per heavy atom. The van der Waals surface area contributed by atoms with E-state index in [9.17, 15) is 14.4 Å². The molecular weight excluding hydrogens is 254 g/mol. The highest BCUT2D eigenvalue weighted by atomic mass is 16.7. The number of carboxylic acids is 1. The first-order valence-corrected chi connectivity index (χ1v) is 6.00. The van der Waals surface area contributed by atoms with Crippen LogP contribution >= 0.6 is 0 Å². The van der Waals surface area contributed by atoms with Crippen molar-refractivity contribution in [3.05, 3.63) is 0 Å². The van der Waals surface area contributed by atoms with E-state index < -0.39 is 35.3 Å². The van der Waals surface area contributed by atoms with Crippen molar-refractivity contribution in [3.8, 4) is 0 Å². The van der Waals surface area contributed by atoms with Crippen LogP contribution in [0.5, 0.6) is 0 Å². The van der Waals surface area contributed by atoms with Crippen LogP contribution in [0.25, 0.3) is 0 Å². The van der Waals surface area contributed by atoms with Crippen molar-refractivity contribution in [2.24, 2.45) is 5.41 Å². The van der Waals surface area contributed by atoms with Crippen LogP contribution in [-0.4, -0.2) is 35.0 Å². The van der Waals surface area contributed by atoms with E-state index in [-0.39, 0.29) is 0 Å². The molecule has 0 aromatic carbocycles. The molecule has 1 fully saturated rings. The first kappa shape index (κ1) is 15.3. The summed E-state index contributed by atoms with van der Waals surface area (Å²) in [5, 5.41) is 11.1. The second-order valence-electron chi connectivity index (χ2n) is 5.64. The van der Waals surface area contributed by atoms with Gasteiger partial charge in [-0.2, -0.15) is 0 Å². The molecule has 0 aromatic rings. The van der Waals surface area contributed by atoms with Crippen molar-refractivity contribution >= 4 is 18.0 Å². The molecule has 7 nitrogen and oxygen atoms in total. The number of ether oxygens (including phenoxy) is 2. The lowest BCUT2D eigenvalue weighted by atomic mass is 9.97. The van der Waals surface area contributed by atoms with Crippen LogP contribution in [-0.2, 0) is 19.1 Å². The van der Waals surface area contributed by atoms with E-state index >= 15 is 0 Å². The fraction of sp³-hybridized carbons (Fsp3) is 0.750. The Morgan fingerprint density at radius 3 is 2.11 bits per heavy atom. The van der Waals surface area contributed by atoms with E-state index in [1.165, 1.54) is 6.92 Å². The van der Waals surface area contributed by atoms with Crippen molar-refractivity contribution in [2.75, 3.05) is 0 Å². The summed E-state index contributed by atoms with van der Waals surface area (Å²) in [6, 6.07) is 0. The zero-order chi connectivity index (χ0) is 14.8. The molecule has 0 aromatic heterocycles. The van der Waals surface area contributed by atoms with E-state index in [1.54, 1.807) is 20.8 Å². The quantitative estimate of drug-likeness (QED) is 0.590. The Balaban J connectivity index is 2.41. The van der Waals surface area contributed by atoms with Gasteiger partial charge in [0.1, 0.15) is 5.54 Å². The fourth-order valence-electron chi connectivity index (χ4n) is 1.24. The van der Waals surface area contributed by atoms with Gasteiger partial charge < -0.3 is 19.9 Å². The Hall–Kier alpha value is -1.79. The maximum absolute atomic E-state index is 11.5. The van der Waals surface area contributed by atoms with E-state index in [4.69, 9.17) is 14.6 Å². The molecule has 19 heavy (non-hydrogen) atoms. The molecule has 1 atom stereocenters. The number of alkyl carbamates (subject to hydrolysis) is 1. The highest BCUT2D eigenvalue weighted by Gasteiger charge is 2.52. The van der Waals surface area contributed by atoms with Crippen LogP contribution in [0, 0.1) is 5.41 Å². The monoisotopic (exact) mass is 273 g/mol. The molecular formula is C12H19NO6. The Labute approximate surface area is 111 Å². The number of esters is 1. The molecule has 2 N–H and O–H groups in total. The second kappa shape index (κ2) is 5.07. The summed E-state index contributed by atoms with van der Waals surface area (Å²) in [5.74, 6) is -1.60. The summed E-state index contributed by atoms with van der Waals surface area (Å²) in [7, 11) is 0. The molecule has 0 radical (unpaired) electrons. The third-order valence-corrected chi connectivity index (χ3v) is 2.66. The number of carboxylic acid groups (broad SMARTS) is 1. The lowest BCUT2D eigenvalue weighted by Gasteiger charge is -2.21. The van der Waals surface area contributed by atoms with Gasteiger partial charge in [0.2, 0.25) is 6.29 Å². The maximum atomic E-state index is 11.5. The predicted molar refractivity (Wildman–Crippen MR) is 64.2 cm³/mol. The van der Waals surface area contributed by atoms with Gasteiger partial charge in [0, 0.05) is 6.92 Å². The summed E-state index contributed by atoms with van der Waals surface area (Å²) >= 11 is 0. The lowest BCUT2D eigenvalue weighted by molar-refractivity contribution is -0.174. The molecule has 0 spiro atoms. The average Bonchev–Trinajstić information content (AvgIpc) is 2.96. The molecule has 1 unspecified atom stereocenters. The zero-order valence-corrected chi connectivity index (χ0v) is 11.5. The van der Waals surface area contributed by atoms with Gasteiger partial charge in [0.05, 0.1) is 5.41 Å².